The van der Waals surface area contributed by atoms with Crippen LogP contribution in [-0.2, 0) is 0 Å². The van der Waals surface area contributed by atoms with Crippen LogP contribution in [0.3, 0.4) is 0 Å². The quantitative estimate of drug-likeness (QED) is 0.942. The Morgan fingerprint density at radius 1 is 1.14 bits per heavy atom. The molecule has 0 aliphatic carbocycles. The van der Waals surface area contributed by atoms with Gasteiger partial charge in [0, 0.05) is 18.7 Å². The molecule has 1 fully saturated rings. The lowest BCUT2D eigenvalue weighted by Crippen LogP contribution is -2.19. The van der Waals surface area contributed by atoms with Crippen molar-refractivity contribution in [3.63, 3.8) is 0 Å². The number of benzene rings is 1. The zero-order chi connectivity index (χ0) is 15.5. The van der Waals surface area contributed by atoms with Gasteiger partial charge in [-0.05, 0) is 56.0 Å². The Bertz CT molecular complexity index is 673. The van der Waals surface area contributed by atoms with Gasteiger partial charge in [-0.15, -0.1) is 0 Å². The fourth-order valence-electron chi connectivity index (χ4n) is 2.79. The number of carbonyl (C=O) groups is 1. The van der Waals surface area contributed by atoms with E-state index in [1.54, 1.807) is 6.20 Å². The molecule has 1 aliphatic rings. The summed E-state index contributed by atoms with van der Waals surface area (Å²) in [6, 6.07) is 9.67. The Kier molecular flexibility index (Phi) is 4.09. The van der Waals surface area contributed by atoms with E-state index in [2.05, 4.69) is 15.2 Å². The van der Waals surface area contributed by atoms with Gasteiger partial charge in [0.2, 0.25) is 0 Å². The van der Waals surface area contributed by atoms with Gasteiger partial charge in [-0.1, -0.05) is 12.1 Å². The van der Waals surface area contributed by atoms with E-state index in [9.17, 15) is 4.79 Å². The number of anilines is 2. The van der Waals surface area contributed by atoms with Crippen molar-refractivity contribution in [3.8, 4) is 0 Å². The van der Waals surface area contributed by atoms with Crippen molar-refractivity contribution in [2.75, 3.05) is 23.3 Å². The monoisotopic (exact) mass is 295 g/mol. The summed E-state index contributed by atoms with van der Waals surface area (Å²) < 4.78 is 0. The Morgan fingerprint density at radius 2 is 1.91 bits per heavy atom. The first-order valence-corrected chi connectivity index (χ1v) is 7.74. The minimum Gasteiger partial charge on any atom is -0.357 e. The highest BCUT2D eigenvalue weighted by molar-refractivity contribution is 6.05. The van der Waals surface area contributed by atoms with Crippen molar-refractivity contribution < 1.29 is 4.79 Å². The summed E-state index contributed by atoms with van der Waals surface area (Å²) in [7, 11) is 0. The molecule has 0 spiro atoms. The molecule has 1 aromatic carbocycles. The number of hydrogen-bond acceptors (Lipinski definition) is 3. The zero-order valence-corrected chi connectivity index (χ0v) is 13.1. The fourth-order valence-corrected chi connectivity index (χ4v) is 2.79. The number of carbonyl (C=O) groups excluding carboxylic acids is 1. The van der Waals surface area contributed by atoms with Gasteiger partial charge in [0.15, 0.2) is 0 Å². The summed E-state index contributed by atoms with van der Waals surface area (Å²) in [6.45, 7) is 6.12. The van der Waals surface area contributed by atoms with Gasteiger partial charge in [0.25, 0.3) is 5.91 Å². The van der Waals surface area contributed by atoms with Crippen LogP contribution in [0.2, 0.25) is 0 Å². The molecule has 0 atom stereocenters. The number of hydrogen-bond donors (Lipinski definition) is 1. The highest BCUT2D eigenvalue weighted by Crippen LogP contribution is 2.20. The van der Waals surface area contributed by atoms with E-state index < -0.39 is 0 Å². The van der Waals surface area contributed by atoms with Crippen LogP contribution in [0.1, 0.15) is 34.3 Å². The minimum atomic E-state index is -0.0862. The lowest BCUT2D eigenvalue weighted by molar-refractivity contribution is 0.102. The maximum Gasteiger partial charge on any atom is 0.255 e. The summed E-state index contributed by atoms with van der Waals surface area (Å²) in [5.41, 5.74) is 3.58. The SMILES string of the molecule is Cc1cccc(C(=O)Nc2ccc(N3CCCC3)nc2)c1C. The van der Waals surface area contributed by atoms with Crippen molar-refractivity contribution in [1.29, 1.82) is 0 Å². The lowest BCUT2D eigenvalue weighted by atomic mass is 10.0. The topological polar surface area (TPSA) is 45.2 Å². The lowest BCUT2D eigenvalue weighted by Gasteiger charge is -2.16. The summed E-state index contributed by atoms with van der Waals surface area (Å²) in [5.74, 6) is 0.902. The van der Waals surface area contributed by atoms with Crippen molar-refractivity contribution in [2.24, 2.45) is 0 Å². The standard InChI is InChI=1S/C18H21N3O/c1-13-6-5-7-16(14(13)2)18(22)20-15-8-9-17(19-12-15)21-10-3-4-11-21/h5-9,12H,3-4,10-11H2,1-2H3,(H,20,22). The van der Waals surface area contributed by atoms with Crippen molar-refractivity contribution >= 4 is 17.4 Å². The second kappa shape index (κ2) is 6.18. The third kappa shape index (κ3) is 2.96. The number of aryl methyl sites for hydroxylation is 1. The van der Waals surface area contributed by atoms with E-state index >= 15 is 0 Å². The third-order valence-electron chi connectivity index (χ3n) is 4.29. The van der Waals surface area contributed by atoms with Crippen LogP contribution in [0.15, 0.2) is 36.5 Å². The van der Waals surface area contributed by atoms with Crippen LogP contribution < -0.4 is 10.2 Å². The van der Waals surface area contributed by atoms with Crippen LogP contribution in [0.25, 0.3) is 0 Å². The van der Waals surface area contributed by atoms with E-state index in [1.807, 2.05) is 44.2 Å². The molecule has 1 amide bonds. The van der Waals surface area contributed by atoms with E-state index in [0.29, 0.717) is 5.56 Å². The largest absolute Gasteiger partial charge is 0.357 e. The van der Waals surface area contributed by atoms with Crippen molar-refractivity contribution in [3.05, 3.63) is 53.2 Å². The molecular weight excluding hydrogens is 274 g/mol. The van der Waals surface area contributed by atoms with Crippen LogP contribution >= 0.6 is 0 Å². The maximum atomic E-state index is 12.4. The van der Waals surface area contributed by atoms with Crippen LogP contribution in [-0.4, -0.2) is 24.0 Å². The average Bonchev–Trinajstić information content (AvgIpc) is 3.05. The van der Waals surface area contributed by atoms with E-state index in [-0.39, 0.29) is 5.91 Å². The number of rotatable bonds is 3. The van der Waals surface area contributed by atoms with E-state index in [4.69, 9.17) is 0 Å². The minimum absolute atomic E-state index is 0.0862. The molecule has 4 nitrogen and oxygen atoms in total. The summed E-state index contributed by atoms with van der Waals surface area (Å²) in [5, 5.41) is 2.92. The summed E-state index contributed by atoms with van der Waals surface area (Å²) in [4.78, 5) is 19.1. The molecule has 2 aromatic rings. The van der Waals surface area contributed by atoms with Gasteiger partial charge < -0.3 is 10.2 Å². The first kappa shape index (κ1) is 14.6. The van der Waals surface area contributed by atoms with Gasteiger partial charge in [-0.25, -0.2) is 4.98 Å². The molecule has 22 heavy (non-hydrogen) atoms. The first-order chi connectivity index (χ1) is 10.6. The predicted octanol–water partition coefficient (Wildman–Crippen LogP) is 3.55. The molecular formula is C18H21N3O. The Hall–Kier alpha value is -2.36. The van der Waals surface area contributed by atoms with Gasteiger partial charge in [-0.3, -0.25) is 4.79 Å². The molecule has 1 aromatic heterocycles. The Morgan fingerprint density at radius 3 is 2.59 bits per heavy atom. The molecule has 0 bridgehead atoms. The zero-order valence-electron chi connectivity index (χ0n) is 13.1. The van der Waals surface area contributed by atoms with Gasteiger partial charge in [-0.2, -0.15) is 0 Å². The van der Waals surface area contributed by atoms with Crippen LogP contribution in [0.5, 0.6) is 0 Å². The molecule has 1 N–H and O–H groups in total. The number of nitrogens with one attached hydrogen (secondary N) is 1. The number of pyridine rings is 1. The van der Waals surface area contributed by atoms with Gasteiger partial charge in [0.05, 0.1) is 11.9 Å². The Labute approximate surface area is 131 Å². The average molecular weight is 295 g/mol. The van der Waals surface area contributed by atoms with Crippen molar-refractivity contribution in [1.82, 2.24) is 4.98 Å². The Balaban J connectivity index is 1.72. The highest BCUT2D eigenvalue weighted by Gasteiger charge is 2.14. The van der Waals surface area contributed by atoms with Crippen LogP contribution in [0.4, 0.5) is 11.5 Å². The smallest absolute Gasteiger partial charge is 0.255 e. The molecule has 1 aliphatic heterocycles. The maximum absolute atomic E-state index is 12.4. The molecule has 4 heteroatoms. The highest BCUT2D eigenvalue weighted by atomic mass is 16.1. The van der Waals surface area contributed by atoms with Gasteiger partial charge in [0.1, 0.15) is 5.82 Å². The number of nitrogens with zero attached hydrogens (tertiary/aromatic N) is 2. The molecule has 1 saturated heterocycles. The molecule has 0 radical (unpaired) electrons. The first-order valence-electron chi connectivity index (χ1n) is 7.74. The van der Waals surface area contributed by atoms with Gasteiger partial charge >= 0.3 is 0 Å². The molecule has 2 heterocycles. The van der Waals surface area contributed by atoms with E-state index in [1.165, 1.54) is 12.8 Å². The normalized spacial score (nSPS) is 14.2. The number of amides is 1. The molecule has 3 rings (SSSR count). The summed E-state index contributed by atoms with van der Waals surface area (Å²) in [6.07, 6.45) is 4.19. The second-order valence-electron chi connectivity index (χ2n) is 5.80. The second-order valence-corrected chi connectivity index (χ2v) is 5.80. The molecule has 0 unspecified atom stereocenters. The van der Waals surface area contributed by atoms with Crippen LogP contribution in [0, 0.1) is 13.8 Å². The van der Waals surface area contributed by atoms with E-state index in [0.717, 1.165) is 35.7 Å². The van der Waals surface area contributed by atoms with Crippen molar-refractivity contribution in [2.45, 2.75) is 26.7 Å². The predicted molar refractivity (Wildman–Crippen MR) is 89.6 cm³/mol. The number of aromatic nitrogens is 1. The molecule has 114 valence electrons. The summed E-state index contributed by atoms with van der Waals surface area (Å²) >= 11 is 0. The fraction of sp³-hybridized carbons (Fsp3) is 0.333. The molecule has 0 saturated carbocycles. The third-order valence-corrected chi connectivity index (χ3v) is 4.29.